The number of benzene rings is 2. The van der Waals surface area contributed by atoms with Gasteiger partial charge in [-0.2, -0.15) is 0 Å². The van der Waals surface area contributed by atoms with Gasteiger partial charge in [-0.3, -0.25) is 4.72 Å². The second-order valence-corrected chi connectivity index (χ2v) is 7.17. The predicted molar refractivity (Wildman–Crippen MR) is 109 cm³/mol. The summed E-state index contributed by atoms with van der Waals surface area (Å²) >= 11 is 3.24. The van der Waals surface area contributed by atoms with Gasteiger partial charge in [-0.15, -0.1) is 11.8 Å². The molecule has 0 saturated heterocycles. The van der Waals surface area contributed by atoms with Crippen LogP contribution in [0.25, 0.3) is 10.9 Å². The number of methoxy groups -OCH3 is 2. The molecule has 0 spiro atoms. The van der Waals surface area contributed by atoms with E-state index in [0.29, 0.717) is 17.3 Å². The number of aromatic nitrogens is 2. The lowest BCUT2D eigenvalue weighted by Crippen LogP contribution is -2.00. The Kier molecular flexibility index (Phi) is 6.08. The Morgan fingerprint density at radius 1 is 1.04 bits per heavy atom. The lowest BCUT2D eigenvalue weighted by molar-refractivity contribution is 0.398. The van der Waals surface area contributed by atoms with Crippen LogP contribution in [0, 0.1) is 0 Å². The molecule has 3 rings (SSSR count). The number of thioether (sulfide) groups is 1. The second kappa shape index (κ2) is 8.48. The van der Waals surface area contributed by atoms with Crippen molar-refractivity contribution in [2.24, 2.45) is 0 Å². The average molecular weight is 389 g/mol. The van der Waals surface area contributed by atoms with Crippen LogP contribution >= 0.6 is 23.7 Å². The number of ether oxygens (including phenoxy) is 2. The largest absolute Gasteiger partial charge is 0.497 e. The fourth-order valence-corrected chi connectivity index (χ4v) is 3.68. The molecule has 0 radical (unpaired) electrons. The Morgan fingerprint density at radius 3 is 2.58 bits per heavy atom. The number of rotatable bonds is 7. The van der Waals surface area contributed by atoms with Crippen LogP contribution in [-0.2, 0) is 0 Å². The van der Waals surface area contributed by atoms with Gasteiger partial charge in [0.05, 0.1) is 30.8 Å². The maximum Gasteiger partial charge on any atom is 0.145 e. The van der Waals surface area contributed by atoms with E-state index in [1.807, 2.05) is 19.2 Å². The van der Waals surface area contributed by atoms with E-state index in [9.17, 15) is 0 Å². The summed E-state index contributed by atoms with van der Waals surface area (Å²) in [4.78, 5) is 11.0. The van der Waals surface area contributed by atoms with Crippen molar-refractivity contribution in [3.63, 3.8) is 0 Å². The van der Waals surface area contributed by atoms with Crippen molar-refractivity contribution >= 4 is 46.1 Å². The molecule has 26 heavy (non-hydrogen) atoms. The topological polar surface area (TPSA) is 68.3 Å². The first kappa shape index (κ1) is 18.6. The summed E-state index contributed by atoms with van der Waals surface area (Å²) in [6, 6.07) is 9.97. The first-order valence-corrected chi connectivity index (χ1v) is 9.89. The van der Waals surface area contributed by atoms with Crippen LogP contribution in [0.1, 0.15) is 0 Å². The third-order valence-electron chi connectivity index (χ3n) is 3.77. The van der Waals surface area contributed by atoms with Crippen molar-refractivity contribution in [2.75, 3.05) is 32.8 Å². The fourth-order valence-electron chi connectivity index (χ4n) is 2.60. The molecule has 0 fully saturated rings. The van der Waals surface area contributed by atoms with E-state index in [0.717, 1.165) is 26.4 Å². The molecule has 2 aromatic carbocycles. The highest BCUT2D eigenvalue weighted by Gasteiger charge is 2.14. The van der Waals surface area contributed by atoms with Gasteiger partial charge in [0, 0.05) is 21.9 Å². The molecule has 0 aliphatic carbocycles. The van der Waals surface area contributed by atoms with E-state index in [1.165, 1.54) is 6.33 Å². The van der Waals surface area contributed by atoms with Crippen molar-refractivity contribution in [3.8, 4) is 11.5 Å². The van der Waals surface area contributed by atoms with Crippen molar-refractivity contribution < 1.29 is 9.47 Å². The Labute approximate surface area is 161 Å². The molecule has 6 nitrogen and oxygen atoms in total. The van der Waals surface area contributed by atoms with Gasteiger partial charge in [0.1, 0.15) is 23.6 Å². The van der Waals surface area contributed by atoms with Crippen molar-refractivity contribution in [1.29, 1.82) is 0 Å². The SMILES string of the molecule is CNSc1ccc(SC)c(Nc2ncnc3cc(OC)cc(OC)c23)c1. The molecule has 3 aromatic rings. The number of hydrogen-bond donors (Lipinski definition) is 2. The zero-order valence-electron chi connectivity index (χ0n) is 15.0. The minimum absolute atomic E-state index is 0.661. The van der Waals surface area contributed by atoms with Gasteiger partial charge in [-0.05, 0) is 43.5 Å². The highest BCUT2D eigenvalue weighted by molar-refractivity contribution is 7.98. The zero-order chi connectivity index (χ0) is 18.5. The van der Waals surface area contributed by atoms with E-state index in [2.05, 4.69) is 44.5 Å². The molecule has 0 bridgehead atoms. The smallest absolute Gasteiger partial charge is 0.145 e. The Hall–Kier alpha value is -2.16. The number of hydrogen-bond acceptors (Lipinski definition) is 8. The van der Waals surface area contributed by atoms with Crippen LogP contribution in [0.4, 0.5) is 11.5 Å². The average Bonchev–Trinajstić information content (AvgIpc) is 2.67. The molecule has 1 heterocycles. The van der Waals surface area contributed by atoms with Crippen LogP contribution in [0.2, 0.25) is 0 Å². The molecular weight excluding hydrogens is 368 g/mol. The quantitative estimate of drug-likeness (QED) is 0.458. The molecule has 0 atom stereocenters. The van der Waals surface area contributed by atoms with Gasteiger partial charge in [0.15, 0.2) is 0 Å². The minimum atomic E-state index is 0.661. The van der Waals surface area contributed by atoms with Crippen LogP contribution in [0.15, 0.2) is 46.5 Å². The summed E-state index contributed by atoms with van der Waals surface area (Å²) < 4.78 is 14.0. The first-order chi connectivity index (χ1) is 12.7. The van der Waals surface area contributed by atoms with Crippen LogP contribution < -0.4 is 19.5 Å². The third kappa shape index (κ3) is 3.82. The van der Waals surface area contributed by atoms with E-state index < -0.39 is 0 Å². The molecular formula is C18H20N4O2S2. The minimum Gasteiger partial charge on any atom is -0.497 e. The molecule has 136 valence electrons. The highest BCUT2D eigenvalue weighted by atomic mass is 32.2. The molecule has 0 saturated carbocycles. The Bertz CT molecular complexity index is 921. The van der Waals surface area contributed by atoms with Gasteiger partial charge >= 0.3 is 0 Å². The second-order valence-electron chi connectivity index (χ2n) is 5.24. The van der Waals surface area contributed by atoms with Crippen LogP contribution in [0.3, 0.4) is 0 Å². The molecule has 1 aromatic heterocycles. The fraction of sp³-hybridized carbons (Fsp3) is 0.222. The lowest BCUT2D eigenvalue weighted by Gasteiger charge is -2.15. The van der Waals surface area contributed by atoms with Gasteiger partial charge in [-0.25, -0.2) is 9.97 Å². The molecule has 8 heteroatoms. The van der Waals surface area contributed by atoms with Gasteiger partial charge in [0.25, 0.3) is 0 Å². The molecule has 2 N–H and O–H groups in total. The predicted octanol–water partition coefficient (Wildman–Crippen LogP) is 4.34. The molecule has 0 aliphatic heterocycles. The number of nitrogens with zero attached hydrogens (tertiary/aromatic N) is 2. The van der Waals surface area contributed by atoms with Crippen molar-refractivity contribution in [1.82, 2.24) is 14.7 Å². The lowest BCUT2D eigenvalue weighted by atomic mass is 10.2. The summed E-state index contributed by atoms with van der Waals surface area (Å²) in [6.07, 6.45) is 3.59. The first-order valence-electron chi connectivity index (χ1n) is 7.85. The summed E-state index contributed by atoms with van der Waals surface area (Å²) in [5.74, 6) is 2.04. The van der Waals surface area contributed by atoms with E-state index in [-0.39, 0.29) is 0 Å². The van der Waals surface area contributed by atoms with Gasteiger partial charge < -0.3 is 14.8 Å². The third-order valence-corrected chi connectivity index (χ3v) is 5.26. The standard InChI is InChI=1S/C18H20N4O2S2/c1-19-26-12-5-6-16(25-4)13(9-12)22-18-17-14(20-10-21-18)7-11(23-2)8-15(17)24-3/h5-10,19H,1-4H3,(H,20,21,22). The molecule has 0 amide bonds. The number of anilines is 2. The molecule has 0 unspecified atom stereocenters. The zero-order valence-corrected chi connectivity index (χ0v) is 16.6. The number of fused-ring (bicyclic) bond motifs is 1. The molecule has 0 aliphatic rings. The summed E-state index contributed by atoms with van der Waals surface area (Å²) in [7, 11) is 5.15. The maximum atomic E-state index is 5.55. The normalized spacial score (nSPS) is 10.8. The monoisotopic (exact) mass is 388 g/mol. The van der Waals surface area contributed by atoms with E-state index >= 15 is 0 Å². The van der Waals surface area contributed by atoms with E-state index in [1.54, 1.807) is 37.9 Å². The summed E-state index contributed by atoms with van der Waals surface area (Å²) in [6.45, 7) is 0. The summed E-state index contributed by atoms with van der Waals surface area (Å²) in [5, 5.41) is 4.26. The van der Waals surface area contributed by atoms with Gasteiger partial charge in [-0.1, -0.05) is 0 Å². The maximum absolute atomic E-state index is 5.55. The Morgan fingerprint density at radius 2 is 1.88 bits per heavy atom. The Balaban J connectivity index is 2.10. The van der Waals surface area contributed by atoms with Crippen molar-refractivity contribution in [3.05, 3.63) is 36.7 Å². The van der Waals surface area contributed by atoms with Crippen LogP contribution in [-0.4, -0.2) is 37.5 Å². The van der Waals surface area contributed by atoms with Crippen LogP contribution in [0.5, 0.6) is 11.5 Å². The van der Waals surface area contributed by atoms with Gasteiger partial charge in [0.2, 0.25) is 0 Å². The summed E-state index contributed by atoms with van der Waals surface area (Å²) in [5.41, 5.74) is 1.74. The van der Waals surface area contributed by atoms with Crippen molar-refractivity contribution in [2.45, 2.75) is 9.79 Å². The van der Waals surface area contributed by atoms with E-state index in [4.69, 9.17) is 9.47 Å². The highest BCUT2D eigenvalue weighted by Crippen LogP contribution is 2.37. The number of nitrogens with one attached hydrogen (secondary N) is 2.